The van der Waals surface area contributed by atoms with Crippen molar-refractivity contribution in [3.8, 4) is 0 Å². The fourth-order valence-corrected chi connectivity index (χ4v) is 3.64. The molecule has 1 aliphatic rings. The number of anilines is 1. The minimum absolute atomic E-state index is 0.0109. The number of para-hydroxylation sites is 1. The lowest BCUT2D eigenvalue weighted by atomic mass is 9.80. The van der Waals surface area contributed by atoms with Crippen molar-refractivity contribution in [2.75, 3.05) is 5.32 Å². The van der Waals surface area contributed by atoms with Gasteiger partial charge in [-0.3, -0.25) is 4.79 Å². The molecule has 3 rings (SSSR count). The van der Waals surface area contributed by atoms with Gasteiger partial charge in [0.15, 0.2) is 0 Å². The number of rotatable bonds is 4. The first-order valence-corrected chi connectivity index (χ1v) is 8.64. The maximum atomic E-state index is 12.5. The second kappa shape index (κ2) is 7.18. The van der Waals surface area contributed by atoms with E-state index in [1.807, 2.05) is 36.4 Å². The van der Waals surface area contributed by atoms with Gasteiger partial charge in [0.1, 0.15) is 5.78 Å². The Labute approximate surface area is 142 Å². The highest BCUT2D eigenvalue weighted by Gasteiger charge is 2.32. The fourth-order valence-electron chi connectivity index (χ4n) is 3.39. The largest absolute Gasteiger partial charge is 0.377 e. The van der Waals surface area contributed by atoms with Crippen LogP contribution in [0.25, 0.3) is 0 Å². The third kappa shape index (κ3) is 3.59. The molecule has 0 bridgehead atoms. The maximum absolute atomic E-state index is 12.5. The summed E-state index contributed by atoms with van der Waals surface area (Å²) in [5.41, 5.74) is 3.25. The average molecular weight is 328 g/mol. The molecular formula is C20H22ClNO. The van der Waals surface area contributed by atoms with E-state index in [1.165, 1.54) is 5.56 Å². The summed E-state index contributed by atoms with van der Waals surface area (Å²) in [6.45, 7) is 2.08. The number of aryl methyl sites for hydroxylation is 1. The van der Waals surface area contributed by atoms with E-state index in [1.54, 1.807) is 0 Å². The van der Waals surface area contributed by atoms with Gasteiger partial charge in [0.05, 0.1) is 6.04 Å². The molecule has 0 spiro atoms. The molecule has 0 amide bonds. The lowest BCUT2D eigenvalue weighted by molar-refractivity contribution is -0.125. The van der Waals surface area contributed by atoms with Crippen LogP contribution in [0, 0.1) is 12.8 Å². The highest BCUT2D eigenvalue weighted by molar-refractivity contribution is 6.31. The summed E-state index contributed by atoms with van der Waals surface area (Å²) in [6, 6.07) is 16.0. The number of hydrogen-bond donors (Lipinski definition) is 1. The molecule has 2 unspecified atom stereocenters. The highest BCUT2D eigenvalue weighted by atomic mass is 35.5. The van der Waals surface area contributed by atoms with E-state index in [-0.39, 0.29) is 12.0 Å². The Morgan fingerprint density at radius 3 is 2.57 bits per heavy atom. The van der Waals surface area contributed by atoms with Crippen LogP contribution in [-0.4, -0.2) is 5.78 Å². The van der Waals surface area contributed by atoms with Gasteiger partial charge in [-0.25, -0.2) is 0 Å². The van der Waals surface area contributed by atoms with Crippen molar-refractivity contribution >= 4 is 23.1 Å². The summed E-state index contributed by atoms with van der Waals surface area (Å²) in [4.78, 5) is 12.5. The van der Waals surface area contributed by atoms with E-state index in [0.717, 1.165) is 35.5 Å². The van der Waals surface area contributed by atoms with Crippen LogP contribution in [0.15, 0.2) is 48.5 Å². The number of hydrogen-bond acceptors (Lipinski definition) is 2. The molecule has 2 aromatic rings. The topological polar surface area (TPSA) is 29.1 Å². The summed E-state index contributed by atoms with van der Waals surface area (Å²) < 4.78 is 0. The number of Topliss-reactive ketones (excluding diaryl/α,β-unsaturated/α-hetero) is 1. The van der Waals surface area contributed by atoms with Crippen molar-refractivity contribution in [3.63, 3.8) is 0 Å². The van der Waals surface area contributed by atoms with Gasteiger partial charge >= 0.3 is 0 Å². The summed E-state index contributed by atoms with van der Waals surface area (Å²) >= 11 is 6.44. The van der Waals surface area contributed by atoms with Gasteiger partial charge in [0, 0.05) is 23.0 Å². The van der Waals surface area contributed by atoms with Crippen molar-refractivity contribution < 1.29 is 4.79 Å². The van der Waals surface area contributed by atoms with E-state index in [4.69, 9.17) is 11.6 Å². The summed E-state index contributed by atoms with van der Waals surface area (Å²) in [5.74, 6) is 0.338. The summed E-state index contributed by atoms with van der Waals surface area (Å²) in [5, 5.41) is 4.32. The van der Waals surface area contributed by atoms with Crippen LogP contribution in [0.4, 0.5) is 5.69 Å². The van der Waals surface area contributed by atoms with E-state index in [2.05, 4.69) is 24.4 Å². The van der Waals surface area contributed by atoms with Gasteiger partial charge in [-0.15, -0.1) is 0 Å². The minimum Gasteiger partial charge on any atom is -0.377 e. The van der Waals surface area contributed by atoms with Gasteiger partial charge in [-0.2, -0.15) is 0 Å². The Morgan fingerprint density at radius 2 is 1.83 bits per heavy atom. The zero-order chi connectivity index (χ0) is 16.2. The van der Waals surface area contributed by atoms with Crippen LogP contribution in [0.2, 0.25) is 5.02 Å². The number of carbonyl (C=O) groups is 1. The minimum atomic E-state index is -0.0717. The molecule has 2 aromatic carbocycles. The van der Waals surface area contributed by atoms with E-state index >= 15 is 0 Å². The molecule has 1 saturated carbocycles. The van der Waals surface area contributed by atoms with Gasteiger partial charge in [-0.05, 0) is 43.0 Å². The third-order valence-corrected chi connectivity index (χ3v) is 5.04. The number of carbonyl (C=O) groups excluding carboxylic acids is 1. The SMILES string of the molecule is Cc1ccccc1NC(c1ccccc1Cl)C1CCCCC1=O. The molecular weight excluding hydrogens is 306 g/mol. The molecule has 1 fully saturated rings. The van der Waals surface area contributed by atoms with Crippen LogP contribution in [0.5, 0.6) is 0 Å². The molecule has 120 valence electrons. The second-order valence-corrected chi connectivity index (χ2v) is 6.68. The van der Waals surface area contributed by atoms with Gasteiger partial charge < -0.3 is 5.32 Å². The first-order valence-electron chi connectivity index (χ1n) is 8.26. The van der Waals surface area contributed by atoms with Crippen molar-refractivity contribution in [1.82, 2.24) is 0 Å². The Morgan fingerprint density at radius 1 is 1.09 bits per heavy atom. The Hall–Kier alpha value is -1.80. The maximum Gasteiger partial charge on any atom is 0.138 e. The summed E-state index contributed by atoms with van der Waals surface area (Å²) in [6.07, 6.45) is 3.72. The fraction of sp³-hybridized carbons (Fsp3) is 0.350. The second-order valence-electron chi connectivity index (χ2n) is 6.28. The first-order chi connectivity index (χ1) is 11.2. The molecule has 0 heterocycles. The smallest absolute Gasteiger partial charge is 0.138 e. The summed E-state index contributed by atoms with van der Waals surface area (Å²) in [7, 11) is 0. The lowest BCUT2D eigenvalue weighted by Crippen LogP contribution is -2.30. The van der Waals surface area contributed by atoms with Crippen molar-refractivity contribution in [3.05, 3.63) is 64.7 Å². The van der Waals surface area contributed by atoms with Crippen LogP contribution in [0.1, 0.15) is 42.9 Å². The standard InChI is InChI=1S/C20H22ClNO/c1-14-8-2-6-12-18(14)22-20(15-9-3-5-11-17(15)21)16-10-4-7-13-19(16)23/h2-3,5-6,8-9,11-12,16,20,22H,4,7,10,13H2,1H3. The lowest BCUT2D eigenvalue weighted by Gasteiger charge is -2.32. The van der Waals surface area contributed by atoms with E-state index in [0.29, 0.717) is 12.2 Å². The normalized spacial score (nSPS) is 19.4. The Bertz CT molecular complexity index is 698. The Balaban J connectivity index is 1.98. The van der Waals surface area contributed by atoms with Gasteiger partial charge in [-0.1, -0.05) is 54.4 Å². The molecule has 1 aliphatic carbocycles. The highest BCUT2D eigenvalue weighted by Crippen LogP contribution is 2.38. The molecule has 3 heteroatoms. The number of benzene rings is 2. The number of nitrogens with one attached hydrogen (secondary N) is 1. The predicted molar refractivity (Wildman–Crippen MR) is 96.0 cm³/mol. The predicted octanol–water partition coefficient (Wildman–Crippen LogP) is 5.56. The zero-order valence-electron chi connectivity index (χ0n) is 13.4. The van der Waals surface area contributed by atoms with Crippen LogP contribution in [0.3, 0.4) is 0 Å². The monoisotopic (exact) mass is 327 g/mol. The molecule has 23 heavy (non-hydrogen) atoms. The van der Waals surface area contributed by atoms with E-state index < -0.39 is 0 Å². The molecule has 2 atom stereocenters. The van der Waals surface area contributed by atoms with Crippen LogP contribution in [-0.2, 0) is 4.79 Å². The zero-order valence-corrected chi connectivity index (χ0v) is 14.1. The van der Waals surface area contributed by atoms with Gasteiger partial charge in [0.25, 0.3) is 0 Å². The van der Waals surface area contributed by atoms with Crippen molar-refractivity contribution in [2.24, 2.45) is 5.92 Å². The number of halogens is 1. The van der Waals surface area contributed by atoms with Crippen LogP contribution >= 0.6 is 11.6 Å². The van der Waals surface area contributed by atoms with Crippen molar-refractivity contribution in [1.29, 1.82) is 0 Å². The van der Waals surface area contributed by atoms with Crippen LogP contribution < -0.4 is 5.32 Å². The van der Waals surface area contributed by atoms with Gasteiger partial charge in [0.2, 0.25) is 0 Å². The average Bonchev–Trinajstić information content (AvgIpc) is 2.56. The molecule has 0 saturated heterocycles. The Kier molecular flexibility index (Phi) is 5.02. The number of ketones is 1. The molecule has 0 aromatic heterocycles. The molecule has 2 nitrogen and oxygen atoms in total. The first kappa shape index (κ1) is 16.1. The third-order valence-electron chi connectivity index (χ3n) is 4.70. The quantitative estimate of drug-likeness (QED) is 0.796. The molecule has 0 aliphatic heterocycles. The molecule has 1 N–H and O–H groups in total. The van der Waals surface area contributed by atoms with Crippen molar-refractivity contribution in [2.45, 2.75) is 38.6 Å². The van der Waals surface area contributed by atoms with E-state index in [9.17, 15) is 4.79 Å². The molecule has 0 radical (unpaired) electrons.